The van der Waals surface area contributed by atoms with Gasteiger partial charge in [0.1, 0.15) is 12.4 Å². The van der Waals surface area contributed by atoms with Crippen molar-refractivity contribution >= 4 is 22.4 Å². The molecule has 0 fully saturated rings. The lowest BCUT2D eigenvalue weighted by molar-refractivity contribution is -0.116. The summed E-state index contributed by atoms with van der Waals surface area (Å²) in [7, 11) is 0. The number of hydrogen-bond donors (Lipinski definition) is 1. The second-order valence-electron chi connectivity index (χ2n) is 6.49. The van der Waals surface area contributed by atoms with Crippen LogP contribution >= 0.6 is 11.3 Å². The number of amides is 1. The van der Waals surface area contributed by atoms with Crippen molar-refractivity contribution in [3.8, 4) is 5.75 Å². The van der Waals surface area contributed by atoms with Crippen molar-refractivity contribution in [2.45, 2.75) is 12.5 Å². The summed E-state index contributed by atoms with van der Waals surface area (Å²) in [6.45, 7) is 0.358. The molecule has 144 valence electrons. The summed E-state index contributed by atoms with van der Waals surface area (Å²) < 4.78 is 5.73. The predicted octanol–water partition coefficient (Wildman–Crippen LogP) is 5.49. The Kier molecular flexibility index (Phi) is 5.98. The van der Waals surface area contributed by atoms with Crippen molar-refractivity contribution in [3.05, 3.63) is 113 Å². The maximum atomic E-state index is 13.1. The van der Waals surface area contributed by atoms with Crippen LogP contribution in [0.1, 0.15) is 22.7 Å². The number of anilines is 1. The molecule has 0 aliphatic heterocycles. The van der Waals surface area contributed by atoms with E-state index in [1.54, 1.807) is 0 Å². The molecule has 0 bridgehead atoms. The fraction of sp³-hybridized carbons (Fsp3) is 0.0833. The Morgan fingerprint density at radius 1 is 0.862 bits per heavy atom. The number of hydrogen-bond acceptors (Lipinski definition) is 4. The Bertz CT molecular complexity index is 1010. The number of para-hydroxylation sites is 1. The number of rotatable bonds is 7. The average Bonchev–Trinajstić information content (AvgIpc) is 3.22. The van der Waals surface area contributed by atoms with E-state index in [4.69, 9.17) is 4.74 Å². The quantitative estimate of drug-likeness (QED) is 0.446. The van der Waals surface area contributed by atoms with Crippen molar-refractivity contribution in [3.63, 3.8) is 0 Å². The van der Waals surface area contributed by atoms with E-state index in [0.29, 0.717) is 11.7 Å². The van der Waals surface area contributed by atoms with E-state index in [1.165, 1.54) is 11.3 Å². The van der Waals surface area contributed by atoms with Crippen LogP contribution in [-0.4, -0.2) is 10.9 Å². The van der Waals surface area contributed by atoms with Gasteiger partial charge in [-0.15, -0.1) is 11.3 Å². The molecule has 0 aliphatic rings. The number of carbonyl (C=O) groups is 1. The van der Waals surface area contributed by atoms with Crippen LogP contribution in [0.2, 0.25) is 0 Å². The molecule has 1 heterocycles. The standard InChI is InChI=1S/C24H20N2O2S/c27-23(22(18-10-4-1-5-11-18)19-12-6-2-7-13-19)26-24-25-20(17-29-24)16-28-21-14-8-3-9-15-21/h1-15,17,22H,16H2,(H,25,26,27). The first kappa shape index (κ1) is 18.9. The lowest BCUT2D eigenvalue weighted by atomic mass is 9.90. The van der Waals surface area contributed by atoms with Gasteiger partial charge in [-0.1, -0.05) is 78.9 Å². The smallest absolute Gasteiger partial charge is 0.238 e. The normalized spacial score (nSPS) is 10.7. The lowest BCUT2D eigenvalue weighted by Gasteiger charge is -2.17. The summed E-state index contributed by atoms with van der Waals surface area (Å²) in [6.07, 6.45) is 0. The highest BCUT2D eigenvalue weighted by atomic mass is 32.1. The van der Waals surface area contributed by atoms with Gasteiger partial charge in [0.05, 0.1) is 11.6 Å². The fourth-order valence-electron chi connectivity index (χ4n) is 3.07. The van der Waals surface area contributed by atoms with Gasteiger partial charge in [0, 0.05) is 5.38 Å². The van der Waals surface area contributed by atoms with Gasteiger partial charge in [0.25, 0.3) is 0 Å². The van der Waals surface area contributed by atoms with E-state index < -0.39 is 5.92 Å². The minimum absolute atomic E-state index is 0.104. The van der Waals surface area contributed by atoms with Crippen LogP contribution in [0.3, 0.4) is 0 Å². The zero-order valence-corrected chi connectivity index (χ0v) is 16.5. The van der Waals surface area contributed by atoms with Crippen molar-refractivity contribution < 1.29 is 9.53 Å². The molecule has 0 saturated carbocycles. The first-order valence-corrected chi connectivity index (χ1v) is 10.2. The highest BCUT2D eigenvalue weighted by Crippen LogP contribution is 2.27. The molecule has 0 spiro atoms. The molecule has 1 N–H and O–H groups in total. The number of aromatic nitrogens is 1. The summed E-state index contributed by atoms with van der Waals surface area (Å²) >= 11 is 1.40. The molecule has 4 aromatic rings. The van der Waals surface area contributed by atoms with Crippen molar-refractivity contribution in [2.24, 2.45) is 0 Å². The van der Waals surface area contributed by atoms with Crippen LogP contribution in [0.5, 0.6) is 5.75 Å². The van der Waals surface area contributed by atoms with Crippen molar-refractivity contribution in [2.75, 3.05) is 5.32 Å². The van der Waals surface area contributed by atoms with E-state index in [-0.39, 0.29) is 5.91 Å². The van der Waals surface area contributed by atoms with Crippen LogP contribution in [0.15, 0.2) is 96.4 Å². The maximum Gasteiger partial charge on any atom is 0.238 e. The van der Waals surface area contributed by atoms with Crippen molar-refractivity contribution in [1.29, 1.82) is 0 Å². The van der Waals surface area contributed by atoms with Gasteiger partial charge in [0.15, 0.2) is 5.13 Å². The van der Waals surface area contributed by atoms with Gasteiger partial charge in [0.2, 0.25) is 5.91 Å². The average molecular weight is 401 g/mol. The Labute approximate surface area is 173 Å². The van der Waals surface area contributed by atoms with E-state index in [0.717, 1.165) is 22.6 Å². The third kappa shape index (κ3) is 4.89. The second kappa shape index (κ2) is 9.17. The Hall–Kier alpha value is -3.44. The minimum Gasteiger partial charge on any atom is -0.487 e. The number of carbonyl (C=O) groups excluding carboxylic acids is 1. The molecule has 4 nitrogen and oxygen atoms in total. The summed E-state index contributed by atoms with van der Waals surface area (Å²) in [5, 5.41) is 5.44. The van der Waals surface area contributed by atoms with Crippen LogP contribution in [0.25, 0.3) is 0 Å². The highest BCUT2D eigenvalue weighted by Gasteiger charge is 2.23. The summed E-state index contributed by atoms with van der Waals surface area (Å²) in [5.41, 5.74) is 2.67. The van der Waals surface area contributed by atoms with Crippen LogP contribution < -0.4 is 10.1 Å². The molecule has 0 radical (unpaired) electrons. The van der Waals surface area contributed by atoms with Crippen LogP contribution in [0, 0.1) is 0 Å². The summed E-state index contributed by atoms with van der Waals surface area (Å²) in [6, 6.07) is 29.2. The zero-order valence-electron chi connectivity index (χ0n) is 15.7. The molecule has 0 atom stereocenters. The highest BCUT2D eigenvalue weighted by molar-refractivity contribution is 7.13. The number of nitrogens with zero attached hydrogens (tertiary/aromatic N) is 1. The molecule has 0 aliphatic carbocycles. The van der Waals surface area contributed by atoms with Gasteiger partial charge in [-0.3, -0.25) is 4.79 Å². The molecule has 29 heavy (non-hydrogen) atoms. The molecule has 0 saturated heterocycles. The third-order valence-electron chi connectivity index (χ3n) is 4.44. The molecular formula is C24H20N2O2S. The number of benzene rings is 3. The molecule has 3 aromatic carbocycles. The van der Waals surface area contributed by atoms with Gasteiger partial charge in [-0.2, -0.15) is 0 Å². The van der Waals surface area contributed by atoms with Gasteiger partial charge in [-0.25, -0.2) is 4.98 Å². The SMILES string of the molecule is O=C(Nc1nc(COc2ccccc2)cs1)C(c1ccccc1)c1ccccc1. The molecule has 0 unspecified atom stereocenters. The Morgan fingerprint density at radius 3 is 2.00 bits per heavy atom. The summed E-state index contributed by atoms with van der Waals surface area (Å²) in [5.74, 6) is 0.289. The van der Waals surface area contributed by atoms with E-state index >= 15 is 0 Å². The monoisotopic (exact) mass is 400 g/mol. The lowest BCUT2D eigenvalue weighted by Crippen LogP contribution is -2.22. The van der Waals surface area contributed by atoms with Crippen LogP contribution in [-0.2, 0) is 11.4 Å². The topological polar surface area (TPSA) is 51.2 Å². The van der Waals surface area contributed by atoms with Crippen molar-refractivity contribution in [1.82, 2.24) is 4.98 Å². The maximum absolute atomic E-state index is 13.1. The first-order valence-electron chi connectivity index (χ1n) is 9.32. The van der Waals surface area contributed by atoms with Gasteiger partial charge < -0.3 is 10.1 Å². The second-order valence-corrected chi connectivity index (χ2v) is 7.35. The van der Waals surface area contributed by atoms with E-state index in [9.17, 15) is 4.79 Å². The van der Waals surface area contributed by atoms with E-state index in [2.05, 4.69) is 10.3 Å². The molecule has 1 amide bonds. The third-order valence-corrected chi connectivity index (χ3v) is 5.25. The number of nitrogens with one attached hydrogen (secondary N) is 1. The largest absolute Gasteiger partial charge is 0.487 e. The molecule has 1 aromatic heterocycles. The molecule has 5 heteroatoms. The Balaban J connectivity index is 1.47. The fourth-order valence-corrected chi connectivity index (χ4v) is 3.77. The Morgan fingerprint density at radius 2 is 1.41 bits per heavy atom. The number of thiazole rings is 1. The van der Waals surface area contributed by atoms with Gasteiger partial charge >= 0.3 is 0 Å². The molecular weight excluding hydrogens is 380 g/mol. The van der Waals surface area contributed by atoms with Gasteiger partial charge in [-0.05, 0) is 23.3 Å². The number of ether oxygens (including phenoxy) is 1. The summed E-state index contributed by atoms with van der Waals surface area (Å²) in [4.78, 5) is 17.6. The minimum atomic E-state index is -0.398. The first-order chi connectivity index (χ1) is 14.3. The zero-order chi connectivity index (χ0) is 19.9. The van der Waals surface area contributed by atoms with Crippen LogP contribution in [0.4, 0.5) is 5.13 Å². The predicted molar refractivity (Wildman–Crippen MR) is 116 cm³/mol. The molecule has 4 rings (SSSR count). The van der Waals surface area contributed by atoms with E-state index in [1.807, 2.05) is 96.4 Å².